The molecule has 2 heteroatoms. The number of ether oxygens (including phenoxy) is 1. The van der Waals surface area contributed by atoms with Crippen LogP contribution < -0.4 is 5.73 Å². The fraction of sp³-hybridized carbons (Fsp3) is 1.00. The molecule has 0 amide bonds. The summed E-state index contributed by atoms with van der Waals surface area (Å²) in [6.45, 7) is 4.11. The zero-order chi connectivity index (χ0) is 9.31. The highest BCUT2D eigenvalue weighted by atomic mass is 16.5. The highest BCUT2D eigenvalue weighted by Gasteiger charge is 2.47. The van der Waals surface area contributed by atoms with Gasteiger partial charge in [0.15, 0.2) is 0 Å². The quantitative estimate of drug-likeness (QED) is 0.723. The predicted octanol–water partition coefficient (Wildman–Crippen LogP) is 1.93. The normalized spacial score (nSPS) is 29.1. The Morgan fingerprint density at radius 3 is 2.46 bits per heavy atom. The van der Waals surface area contributed by atoms with Crippen molar-refractivity contribution in [2.45, 2.75) is 45.1 Å². The van der Waals surface area contributed by atoms with Crippen molar-refractivity contribution in [3.8, 4) is 0 Å². The van der Waals surface area contributed by atoms with Crippen LogP contribution in [0.2, 0.25) is 0 Å². The van der Waals surface area contributed by atoms with Crippen molar-refractivity contribution in [2.75, 3.05) is 13.2 Å². The Hall–Kier alpha value is -0.0800. The van der Waals surface area contributed by atoms with E-state index in [4.69, 9.17) is 10.5 Å². The maximum atomic E-state index is 5.80. The van der Waals surface area contributed by atoms with Crippen molar-refractivity contribution >= 4 is 0 Å². The van der Waals surface area contributed by atoms with Gasteiger partial charge in [-0.15, -0.1) is 0 Å². The minimum atomic E-state index is 0.359. The van der Waals surface area contributed by atoms with E-state index in [1.165, 1.54) is 32.1 Å². The van der Waals surface area contributed by atoms with Crippen molar-refractivity contribution in [1.82, 2.24) is 0 Å². The van der Waals surface area contributed by atoms with Crippen LogP contribution in [0.25, 0.3) is 0 Å². The summed E-state index contributed by atoms with van der Waals surface area (Å²) in [5.74, 6) is 0.958. The number of rotatable bonds is 4. The van der Waals surface area contributed by atoms with Gasteiger partial charge in [-0.25, -0.2) is 0 Å². The number of hydrogen-bond donors (Lipinski definition) is 1. The molecule has 1 unspecified atom stereocenters. The average Bonchev–Trinajstić information content (AvgIpc) is 1.89. The Kier molecular flexibility index (Phi) is 2.61. The molecule has 0 aromatic carbocycles. The average molecular weight is 183 g/mol. The summed E-state index contributed by atoms with van der Waals surface area (Å²) in [7, 11) is 0. The maximum Gasteiger partial charge on any atom is 0.0547 e. The Balaban J connectivity index is 1.83. The van der Waals surface area contributed by atoms with Crippen LogP contribution in [0.5, 0.6) is 0 Å². The fourth-order valence-electron chi connectivity index (χ4n) is 2.48. The molecule has 0 spiro atoms. The Labute approximate surface area is 80.8 Å². The first-order valence-electron chi connectivity index (χ1n) is 5.56. The molecule has 76 valence electrons. The van der Waals surface area contributed by atoms with Gasteiger partial charge in [0, 0.05) is 11.5 Å². The summed E-state index contributed by atoms with van der Waals surface area (Å²) >= 11 is 0. The lowest BCUT2D eigenvalue weighted by molar-refractivity contribution is -0.167. The van der Waals surface area contributed by atoms with Crippen molar-refractivity contribution in [1.29, 1.82) is 0 Å². The first-order chi connectivity index (χ1) is 6.23. The molecular formula is C11H21NO. The van der Waals surface area contributed by atoms with Crippen molar-refractivity contribution in [3.05, 3.63) is 0 Å². The maximum absolute atomic E-state index is 5.80. The molecule has 2 rings (SSSR count). The van der Waals surface area contributed by atoms with Gasteiger partial charge in [0.2, 0.25) is 0 Å². The minimum absolute atomic E-state index is 0.359. The number of nitrogens with two attached hydrogens (primary N) is 1. The molecule has 1 aliphatic heterocycles. The lowest BCUT2D eigenvalue weighted by Crippen LogP contribution is -2.51. The monoisotopic (exact) mass is 183 g/mol. The SMILES string of the molecule is CC(N)CCC1(C2CCC2)COC1. The Bertz CT molecular complexity index is 171. The first-order valence-corrected chi connectivity index (χ1v) is 5.56. The van der Waals surface area contributed by atoms with Crippen LogP contribution in [0, 0.1) is 11.3 Å². The standard InChI is InChI=1S/C11H21NO/c1-9(12)5-6-11(7-13-8-11)10-3-2-4-10/h9-10H,2-8,12H2,1H3. The smallest absolute Gasteiger partial charge is 0.0547 e. The molecule has 1 atom stereocenters. The third kappa shape index (κ3) is 1.75. The van der Waals surface area contributed by atoms with Crippen LogP contribution in [0.1, 0.15) is 39.0 Å². The summed E-state index contributed by atoms with van der Waals surface area (Å²) in [6.07, 6.45) is 6.75. The van der Waals surface area contributed by atoms with Gasteiger partial charge in [-0.3, -0.25) is 0 Å². The lowest BCUT2D eigenvalue weighted by Gasteiger charge is -2.51. The third-order valence-electron chi connectivity index (χ3n) is 3.85. The molecule has 2 aliphatic rings. The zero-order valence-electron chi connectivity index (χ0n) is 8.59. The molecule has 13 heavy (non-hydrogen) atoms. The lowest BCUT2D eigenvalue weighted by atomic mass is 9.62. The Morgan fingerprint density at radius 2 is 2.15 bits per heavy atom. The van der Waals surface area contributed by atoms with Crippen LogP contribution >= 0.6 is 0 Å². The highest BCUT2D eigenvalue weighted by Crippen LogP contribution is 2.49. The summed E-state index contributed by atoms with van der Waals surface area (Å²) in [4.78, 5) is 0. The second-order valence-electron chi connectivity index (χ2n) is 5.00. The molecular weight excluding hydrogens is 162 g/mol. The van der Waals surface area contributed by atoms with Crippen LogP contribution in [0.4, 0.5) is 0 Å². The van der Waals surface area contributed by atoms with Crippen molar-refractivity contribution < 1.29 is 4.74 Å². The van der Waals surface area contributed by atoms with Crippen LogP contribution in [0.15, 0.2) is 0 Å². The molecule has 0 aromatic rings. The van der Waals surface area contributed by atoms with Crippen molar-refractivity contribution in [3.63, 3.8) is 0 Å². The van der Waals surface area contributed by atoms with E-state index in [2.05, 4.69) is 6.92 Å². The molecule has 1 saturated carbocycles. The molecule has 2 N–H and O–H groups in total. The topological polar surface area (TPSA) is 35.2 Å². The molecule has 2 nitrogen and oxygen atoms in total. The van der Waals surface area contributed by atoms with E-state index in [1.54, 1.807) is 0 Å². The van der Waals surface area contributed by atoms with Gasteiger partial charge in [0.05, 0.1) is 13.2 Å². The summed E-state index contributed by atoms with van der Waals surface area (Å²) in [6, 6.07) is 0.359. The second-order valence-corrected chi connectivity index (χ2v) is 5.00. The fourth-order valence-corrected chi connectivity index (χ4v) is 2.48. The molecule has 0 bridgehead atoms. The van der Waals surface area contributed by atoms with Gasteiger partial charge in [-0.2, -0.15) is 0 Å². The molecule has 1 saturated heterocycles. The third-order valence-corrected chi connectivity index (χ3v) is 3.85. The van der Waals surface area contributed by atoms with Crippen LogP contribution in [-0.4, -0.2) is 19.3 Å². The molecule has 0 radical (unpaired) electrons. The van der Waals surface area contributed by atoms with Gasteiger partial charge in [-0.05, 0) is 38.5 Å². The van der Waals surface area contributed by atoms with E-state index in [0.717, 1.165) is 19.1 Å². The van der Waals surface area contributed by atoms with E-state index >= 15 is 0 Å². The zero-order valence-corrected chi connectivity index (χ0v) is 8.59. The largest absolute Gasteiger partial charge is 0.380 e. The van der Waals surface area contributed by atoms with Gasteiger partial charge in [0.1, 0.15) is 0 Å². The summed E-state index contributed by atoms with van der Waals surface area (Å²) in [5, 5.41) is 0. The van der Waals surface area contributed by atoms with Gasteiger partial charge >= 0.3 is 0 Å². The minimum Gasteiger partial charge on any atom is -0.380 e. The van der Waals surface area contributed by atoms with Gasteiger partial charge in [0.25, 0.3) is 0 Å². The van der Waals surface area contributed by atoms with Crippen LogP contribution in [-0.2, 0) is 4.74 Å². The Morgan fingerprint density at radius 1 is 1.46 bits per heavy atom. The van der Waals surface area contributed by atoms with E-state index in [-0.39, 0.29) is 0 Å². The van der Waals surface area contributed by atoms with E-state index < -0.39 is 0 Å². The summed E-state index contributed by atoms with van der Waals surface area (Å²) in [5.41, 5.74) is 6.34. The van der Waals surface area contributed by atoms with Crippen LogP contribution in [0.3, 0.4) is 0 Å². The van der Waals surface area contributed by atoms with E-state index in [0.29, 0.717) is 11.5 Å². The summed E-state index contributed by atoms with van der Waals surface area (Å²) < 4.78 is 5.39. The van der Waals surface area contributed by atoms with Gasteiger partial charge < -0.3 is 10.5 Å². The van der Waals surface area contributed by atoms with E-state index in [9.17, 15) is 0 Å². The molecule has 0 aromatic heterocycles. The highest BCUT2D eigenvalue weighted by molar-refractivity contribution is 4.95. The second kappa shape index (κ2) is 3.58. The molecule has 1 heterocycles. The molecule has 2 fully saturated rings. The predicted molar refractivity (Wildman–Crippen MR) is 53.5 cm³/mol. The molecule has 1 aliphatic carbocycles. The number of hydrogen-bond acceptors (Lipinski definition) is 2. The first kappa shape index (κ1) is 9.47. The van der Waals surface area contributed by atoms with Crippen molar-refractivity contribution in [2.24, 2.45) is 17.1 Å². The van der Waals surface area contributed by atoms with Gasteiger partial charge in [-0.1, -0.05) is 6.42 Å². The van der Waals surface area contributed by atoms with E-state index in [1.807, 2.05) is 0 Å².